The van der Waals surface area contributed by atoms with Gasteiger partial charge < -0.3 is 33.1 Å². The number of benzene rings is 1. The third-order valence-electron chi connectivity index (χ3n) is 4.89. The van der Waals surface area contributed by atoms with Gasteiger partial charge in [-0.25, -0.2) is 0 Å². The van der Waals surface area contributed by atoms with Crippen LogP contribution < -0.4 is 18.1 Å². The van der Waals surface area contributed by atoms with Gasteiger partial charge in [0.25, 0.3) is 0 Å². The molecule has 0 saturated heterocycles. The summed E-state index contributed by atoms with van der Waals surface area (Å²) >= 11 is 0. The summed E-state index contributed by atoms with van der Waals surface area (Å²) < 4.78 is 5.82. The quantitative estimate of drug-likeness (QED) is 0.588. The molecule has 0 aromatic heterocycles. The Kier molecular flexibility index (Phi) is 6.47. The molecule has 0 amide bonds. The van der Waals surface area contributed by atoms with Gasteiger partial charge in [0.1, 0.15) is 17.9 Å². The van der Waals surface area contributed by atoms with Crippen molar-refractivity contribution in [3.63, 3.8) is 0 Å². The monoisotopic (exact) mass is 315 g/mol. The highest BCUT2D eigenvalue weighted by atomic mass is 35.5. The number of aliphatic hydroxyl groups excluding tert-OH is 1. The molecular formula is C16H26ClNO3. The van der Waals surface area contributed by atoms with Crippen LogP contribution in [0.2, 0.25) is 0 Å². The van der Waals surface area contributed by atoms with Gasteiger partial charge in [-0.2, -0.15) is 0 Å². The van der Waals surface area contributed by atoms with Crippen LogP contribution in [0.3, 0.4) is 0 Å². The molecule has 0 aliphatic heterocycles. The first kappa shape index (κ1) is 18.2. The molecule has 5 heteroatoms. The molecule has 2 rings (SSSR count). The molecule has 120 valence electrons. The van der Waals surface area contributed by atoms with E-state index in [0.29, 0.717) is 12.4 Å². The Hall–Kier alpha value is -0.810. The first-order chi connectivity index (χ1) is 9.58. The van der Waals surface area contributed by atoms with Crippen LogP contribution in [-0.4, -0.2) is 35.6 Å². The van der Waals surface area contributed by atoms with Crippen molar-refractivity contribution in [3.05, 3.63) is 29.3 Å². The van der Waals surface area contributed by atoms with Gasteiger partial charge in [0, 0.05) is 11.8 Å². The molecule has 1 aromatic carbocycles. The lowest BCUT2D eigenvalue weighted by molar-refractivity contribution is -0.460. The molecule has 0 fully saturated rings. The first-order valence-corrected chi connectivity index (χ1v) is 7.47. The molecule has 1 aliphatic rings. The number of quaternary nitrogens is 1. The van der Waals surface area contributed by atoms with E-state index in [1.165, 1.54) is 11.1 Å². The van der Waals surface area contributed by atoms with Gasteiger partial charge in [0.2, 0.25) is 0 Å². The zero-order valence-corrected chi connectivity index (χ0v) is 13.6. The summed E-state index contributed by atoms with van der Waals surface area (Å²) in [5.41, 5.74) is 6.75. The lowest BCUT2D eigenvalue weighted by Crippen LogP contribution is -3.00. The van der Waals surface area contributed by atoms with E-state index in [4.69, 9.17) is 9.84 Å². The molecule has 0 spiro atoms. The van der Waals surface area contributed by atoms with Gasteiger partial charge in [-0.15, -0.1) is 0 Å². The van der Waals surface area contributed by atoms with E-state index >= 15 is 0 Å². The van der Waals surface area contributed by atoms with Crippen molar-refractivity contribution in [3.8, 4) is 5.75 Å². The smallest absolute Gasteiger partial charge is 0.121 e. The number of ether oxygens (including phenoxy) is 1. The summed E-state index contributed by atoms with van der Waals surface area (Å²) in [7, 11) is 0. The molecule has 21 heavy (non-hydrogen) atoms. The molecule has 2 unspecified atom stereocenters. The normalized spacial score (nSPS) is 23.2. The topological polar surface area (TPSA) is 77.3 Å². The average Bonchev–Trinajstić information content (AvgIpc) is 2.46. The Bertz CT molecular complexity index is 463. The minimum atomic E-state index is -0.0630. The first-order valence-electron chi connectivity index (χ1n) is 7.47. The second-order valence-corrected chi connectivity index (χ2v) is 5.65. The van der Waals surface area contributed by atoms with Gasteiger partial charge in [-0.05, 0) is 36.1 Å². The molecular weight excluding hydrogens is 290 g/mol. The van der Waals surface area contributed by atoms with Crippen molar-refractivity contribution >= 4 is 0 Å². The van der Waals surface area contributed by atoms with E-state index in [1.54, 1.807) is 6.07 Å². The molecule has 1 aliphatic carbocycles. The van der Waals surface area contributed by atoms with Crippen molar-refractivity contribution in [2.24, 2.45) is 0 Å². The summed E-state index contributed by atoms with van der Waals surface area (Å²) in [5, 5.41) is 18.8. The summed E-state index contributed by atoms with van der Waals surface area (Å²) in [4.78, 5) is 0. The lowest BCUT2D eigenvalue weighted by atomic mass is 9.63. The Labute approximate surface area is 132 Å². The highest BCUT2D eigenvalue weighted by Gasteiger charge is 2.48. The van der Waals surface area contributed by atoms with E-state index in [-0.39, 0.29) is 36.6 Å². The number of hydrogen-bond acceptors (Lipinski definition) is 3. The fourth-order valence-corrected chi connectivity index (χ4v) is 3.65. The standard InChI is InChI=1S/C16H25NO3.ClH/c1-3-16(4-2)13-10-12(19)6-5-11(13)9-14(15(16)17)20-8-7-18;/h5-6,10,14-15,18-19H,3-4,7-9,17H2,1-2H3;1H. The van der Waals surface area contributed by atoms with Crippen LogP contribution in [0.5, 0.6) is 5.75 Å². The molecule has 0 radical (unpaired) electrons. The Morgan fingerprint density at radius 3 is 2.57 bits per heavy atom. The number of phenolic OH excluding ortho intramolecular Hbond substituents is 1. The minimum absolute atomic E-state index is 0. The third kappa shape index (κ3) is 3.19. The molecule has 1 aromatic rings. The molecule has 2 atom stereocenters. The molecule has 0 bridgehead atoms. The van der Waals surface area contributed by atoms with Gasteiger partial charge in [-0.1, -0.05) is 19.9 Å². The van der Waals surface area contributed by atoms with E-state index in [2.05, 4.69) is 19.6 Å². The number of fused-ring (bicyclic) bond motifs is 1. The van der Waals surface area contributed by atoms with Gasteiger partial charge in [-0.3, -0.25) is 0 Å². The number of aromatic hydroxyl groups is 1. The number of phenols is 1. The van der Waals surface area contributed by atoms with Crippen LogP contribution in [0.25, 0.3) is 0 Å². The van der Waals surface area contributed by atoms with Crippen LogP contribution in [0.4, 0.5) is 0 Å². The summed E-state index contributed by atoms with van der Waals surface area (Å²) in [5.74, 6) is 0.317. The maximum Gasteiger partial charge on any atom is 0.121 e. The van der Waals surface area contributed by atoms with Gasteiger partial charge in [0.15, 0.2) is 0 Å². The van der Waals surface area contributed by atoms with Crippen molar-refractivity contribution < 1.29 is 33.1 Å². The lowest BCUT2D eigenvalue weighted by Gasteiger charge is -2.44. The summed E-state index contributed by atoms with van der Waals surface area (Å²) in [6, 6.07) is 5.74. The average molecular weight is 316 g/mol. The van der Waals surface area contributed by atoms with E-state index < -0.39 is 0 Å². The summed E-state index contributed by atoms with van der Waals surface area (Å²) in [6.45, 7) is 4.73. The van der Waals surface area contributed by atoms with E-state index in [0.717, 1.165) is 19.3 Å². The second-order valence-electron chi connectivity index (χ2n) is 5.65. The predicted octanol–water partition coefficient (Wildman–Crippen LogP) is -2.00. The number of hydrogen-bond donors (Lipinski definition) is 3. The fourth-order valence-electron chi connectivity index (χ4n) is 3.65. The van der Waals surface area contributed by atoms with Crippen molar-refractivity contribution in [2.75, 3.05) is 13.2 Å². The van der Waals surface area contributed by atoms with Gasteiger partial charge in [0.05, 0.1) is 13.2 Å². The molecule has 0 heterocycles. The number of halogens is 1. The van der Waals surface area contributed by atoms with E-state index in [1.807, 2.05) is 12.1 Å². The zero-order chi connectivity index (χ0) is 14.8. The molecule has 0 saturated carbocycles. The zero-order valence-electron chi connectivity index (χ0n) is 12.8. The maximum atomic E-state index is 9.82. The Morgan fingerprint density at radius 2 is 2.00 bits per heavy atom. The fraction of sp³-hybridized carbons (Fsp3) is 0.625. The van der Waals surface area contributed by atoms with Crippen LogP contribution in [0, 0.1) is 0 Å². The molecule has 4 nitrogen and oxygen atoms in total. The SMILES string of the molecule is CCC1(CC)c2cc(O)ccc2CC(OCCO)C1[NH3+].[Cl-]. The van der Waals surface area contributed by atoms with Crippen LogP contribution in [0.1, 0.15) is 37.8 Å². The second kappa shape index (κ2) is 7.45. The van der Waals surface area contributed by atoms with Crippen molar-refractivity contribution in [1.29, 1.82) is 0 Å². The Balaban J connectivity index is 0.00000220. The highest BCUT2D eigenvalue weighted by molar-refractivity contribution is 5.44. The third-order valence-corrected chi connectivity index (χ3v) is 4.89. The summed E-state index contributed by atoms with van der Waals surface area (Å²) in [6.07, 6.45) is 2.75. The maximum absolute atomic E-state index is 9.82. The van der Waals surface area contributed by atoms with Crippen molar-refractivity contribution in [2.45, 2.75) is 50.7 Å². The van der Waals surface area contributed by atoms with Crippen molar-refractivity contribution in [1.82, 2.24) is 0 Å². The van der Waals surface area contributed by atoms with Crippen LogP contribution >= 0.6 is 0 Å². The predicted molar refractivity (Wildman–Crippen MR) is 77.6 cm³/mol. The largest absolute Gasteiger partial charge is 1.00 e. The minimum Gasteiger partial charge on any atom is -1.00 e. The Morgan fingerprint density at radius 1 is 1.33 bits per heavy atom. The van der Waals surface area contributed by atoms with Crippen LogP contribution in [-0.2, 0) is 16.6 Å². The highest BCUT2D eigenvalue weighted by Crippen LogP contribution is 2.43. The number of rotatable bonds is 5. The van der Waals surface area contributed by atoms with E-state index in [9.17, 15) is 5.11 Å². The molecule has 5 N–H and O–H groups in total. The van der Waals surface area contributed by atoms with Gasteiger partial charge >= 0.3 is 0 Å². The number of aliphatic hydroxyl groups is 1. The van der Waals surface area contributed by atoms with Crippen LogP contribution in [0.15, 0.2) is 18.2 Å².